The summed E-state index contributed by atoms with van der Waals surface area (Å²) < 4.78 is 23.1. The Morgan fingerprint density at radius 3 is 2.32 bits per heavy atom. The minimum Gasteiger partial charge on any atom is -0.480 e. The fourth-order valence-corrected chi connectivity index (χ4v) is 5.85. The van der Waals surface area contributed by atoms with Gasteiger partial charge < -0.3 is 34.0 Å². The van der Waals surface area contributed by atoms with Crippen LogP contribution in [0, 0.1) is 6.92 Å². The number of fused-ring (bicyclic) bond motifs is 1. The van der Waals surface area contributed by atoms with E-state index in [-0.39, 0.29) is 34.8 Å². The third-order valence-electron chi connectivity index (χ3n) is 7.78. The molecule has 2 aromatic heterocycles. The Morgan fingerprint density at radius 1 is 1.07 bits per heavy atom. The van der Waals surface area contributed by atoms with Crippen molar-refractivity contribution in [3.8, 4) is 11.8 Å². The minimum atomic E-state index is -0.953. The number of hydrogen-bond acceptors (Lipinski definition) is 9. The van der Waals surface area contributed by atoms with Gasteiger partial charge in [-0.2, -0.15) is 9.97 Å². The van der Waals surface area contributed by atoms with Crippen LogP contribution in [0.1, 0.15) is 79.1 Å². The molecule has 1 aromatic carbocycles. The molecule has 0 saturated carbocycles. The number of nitrogens with one attached hydrogen (secondary N) is 1. The first kappa shape index (κ1) is 28.4. The van der Waals surface area contributed by atoms with Crippen molar-refractivity contribution in [1.82, 2.24) is 9.97 Å². The average molecular weight is 565 g/mol. The number of carboxylic acids is 1. The molecule has 0 aliphatic carbocycles. The van der Waals surface area contributed by atoms with E-state index in [0.717, 1.165) is 16.7 Å². The van der Waals surface area contributed by atoms with Gasteiger partial charge in [0.15, 0.2) is 11.4 Å². The first-order valence-corrected chi connectivity index (χ1v) is 13.6. The molecule has 11 heteroatoms. The molecular formula is C30H36N4O7. The van der Waals surface area contributed by atoms with E-state index < -0.39 is 23.5 Å². The normalized spacial score (nSPS) is 18.7. The average Bonchev–Trinajstić information content (AvgIpc) is 3.62. The molecular weight excluding hydrogens is 528 g/mol. The van der Waals surface area contributed by atoms with Crippen molar-refractivity contribution in [3.63, 3.8) is 0 Å². The lowest BCUT2D eigenvalue weighted by Gasteiger charge is -2.24. The zero-order valence-corrected chi connectivity index (χ0v) is 24.5. The Labute approximate surface area is 238 Å². The lowest BCUT2D eigenvalue weighted by Crippen LogP contribution is -2.37. The first-order chi connectivity index (χ1) is 19.3. The smallest absolute Gasteiger partial charge is 0.326 e. The van der Waals surface area contributed by atoms with Crippen LogP contribution >= 0.6 is 0 Å². The Kier molecular flexibility index (Phi) is 7.19. The molecule has 1 amide bonds. The Bertz CT molecular complexity index is 1490. The number of aryl methyl sites for hydroxylation is 1. The molecule has 2 N–H and O–H groups in total. The van der Waals surface area contributed by atoms with Gasteiger partial charge in [0.2, 0.25) is 17.7 Å². The number of carboxylic acid groups (broad SMARTS) is 1. The second kappa shape index (κ2) is 10.4. The predicted octanol–water partition coefficient (Wildman–Crippen LogP) is 4.79. The molecule has 2 aliphatic rings. The Hall–Kier alpha value is -4.12. The van der Waals surface area contributed by atoms with Crippen LogP contribution in [-0.4, -0.2) is 53.8 Å². The summed E-state index contributed by atoms with van der Waals surface area (Å²) >= 11 is 0. The number of hydrogen-bond donors (Lipinski definition) is 2. The number of ether oxygens (including phenoxy) is 3. The lowest BCUT2D eigenvalue weighted by molar-refractivity contribution is -0.138. The molecule has 218 valence electrons. The van der Waals surface area contributed by atoms with Gasteiger partial charge in [0, 0.05) is 13.0 Å². The van der Waals surface area contributed by atoms with Crippen LogP contribution in [0.15, 0.2) is 28.7 Å². The van der Waals surface area contributed by atoms with Crippen molar-refractivity contribution in [1.29, 1.82) is 0 Å². The summed E-state index contributed by atoms with van der Waals surface area (Å²) in [6.45, 7) is 10.9. The number of aliphatic carboxylic acids is 1. The van der Waals surface area contributed by atoms with E-state index in [4.69, 9.17) is 18.6 Å². The maximum absolute atomic E-state index is 13.2. The van der Waals surface area contributed by atoms with Crippen molar-refractivity contribution in [2.24, 2.45) is 0 Å². The monoisotopic (exact) mass is 564 g/mol. The van der Waals surface area contributed by atoms with Crippen molar-refractivity contribution < 1.29 is 33.3 Å². The standard InChI is InChI=1S/C30H36N4O7/c1-16-13-19-20(30(4,5)41-29(19,2)3)15-17(16)14-18-10-11-22(40-18)24(35)31-23-25(38-6)32-28(33-26(23)39-7)34-12-8-9-21(34)27(36)37/h10-11,13,15,21H,8-9,12,14H2,1-7H3,(H,31,35)(H,36,37)/t21-/m0/s1. The van der Waals surface area contributed by atoms with Crippen LogP contribution < -0.4 is 19.7 Å². The number of anilines is 2. The quantitative estimate of drug-likeness (QED) is 0.393. The van der Waals surface area contributed by atoms with E-state index in [1.165, 1.54) is 19.8 Å². The first-order valence-electron chi connectivity index (χ1n) is 13.6. The zero-order chi connectivity index (χ0) is 29.7. The molecule has 1 saturated heterocycles. The second-order valence-corrected chi connectivity index (χ2v) is 11.5. The topological polar surface area (TPSA) is 136 Å². The van der Waals surface area contributed by atoms with Crippen LogP contribution in [0.2, 0.25) is 0 Å². The summed E-state index contributed by atoms with van der Waals surface area (Å²) in [6, 6.07) is 7.00. The van der Waals surface area contributed by atoms with Crippen LogP contribution in [-0.2, 0) is 27.2 Å². The SMILES string of the molecule is COc1nc(N2CCC[C@H]2C(=O)O)nc(OC)c1NC(=O)c1ccc(Cc2cc3c(cc2C)C(C)(C)OC3(C)C)o1. The largest absolute Gasteiger partial charge is 0.480 e. The van der Waals surface area contributed by atoms with Crippen LogP contribution in [0.4, 0.5) is 11.6 Å². The molecule has 1 atom stereocenters. The summed E-state index contributed by atoms with van der Waals surface area (Å²) in [5.41, 5.74) is 3.89. The fraction of sp³-hybridized carbons (Fsp3) is 0.467. The lowest BCUT2D eigenvalue weighted by atomic mass is 9.86. The molecule has 0 bridgehead atoms. The van der Waals surface area contributed by atoms with Gasteiger partial charge in [-0.15, -0.1) is 0 Å². The van der Waals surface area contributed by atoms with E-state index in [1.54, 1.807) is 17.0 Å². The van der Waals surface area contributed by atoms with Gasteiger partial charge in [0.05, 0.1) is 25.4 Å². The molecule has 3 aromatic rings. The molecule has 1 fully saturated rings. The number of nitrogens with zero attached hydrogens (tertiary/aromatic N) is 3. The number of furan rings is 1. The second-order valence-electron chi connectivity index (χ2n) is 11.5. The van der Waals surface area contributed by atoms with E-state index in [1.807, 2.05) is 0 Å². The number of rotatable bonds is 8. The van der Waals surface area contributed by atoms with Crippen LogP contribution in [0.25, 0.3) is 0 Å². The van der Waals surface area contributed by atoms with Gasteiger partial charge in [0.1, 0.15) is 11.8 Å². The summed E-state index contributed by atoms with van der Waals surface area (Å²) in [6.07, 6.45) is 1.68. The van der Waals surface area contributed by atoms with Crippen molar-refractivity contribution in [3.05, 3.63) is 58.0 Å². The van der Waals surface area contributed by atoms with E-state index in [0.29, 0.717) is 31.6 Å². The van der Waals surface area contributed by atoms with Crippen molar-refractivity contribution in [2.75, 3.05) is 31.0 Å². The highest BCUT2D eigenvalue weighted by molar-refractivity contribution is 6.03. The van der Waals surface area contributed by atoms with Gasteiger partial charge >= 0.3 is 5.97 Å². The highest BCUT2D eigenvalue weighted by atomic mass is 16.5. The number of methoxy groups -OCH3 is 2. The molecule has 4 heterocycles. The summed E-state index contributed by atoms with van der Waals surface area (Å²) in [7, 11) is 2.80. The maximum Gasteiger partial charge on any atom is 0.326 e. The molecule has 0 spiro atoms. The molecule has 0 unspecified atom stereocenters. The third kappa shape index (κ3) is 5.21. The number of benzene rings is 1. The minimum absolute atomic E-state index is 0.0459. The maximum atomic E-state index is 13.2. The van der Waals surface area contributed by atoms with E-state index in [2.05, 4.69) is 62.0 Å². The van der Waals surface area contributed by atoms with E-state index in [9.17, 15) is 14.7 Å². The van der Waals surface area contributed by atoms with Crippen molar-refractivity contribution in [2.45, 2.75) is 71.1 Å². The molecule has 5 rings (SSSR count). The number of carbonyl (C=O) groups is 2. The Morgan fingerprint density at radius 2 is 1.71 bits per heavy atom. The Balaban J connectivity index is 1.37. The fourth-order valence-electron chi connectivity index (χ4n) is 5.85. The highest BCUT2D eigenvalue weighted by Gasteiger charge is 2.43. The number of aromatic nitrogens is 2. The predicted molar refractivity (Wildman–Crippen MR) is 151 cm³/mol. The van der Waals surface area contributed by atoms with Gasteiger partial charge in [-0.25, -0.2) is 4.79 Å². The van der Waals surface area contributed by atoms with Gasteiger partial charge in [-0.3, -0.25) is 4.79 Å². The molecule has 2 aliphatic heterocycles. The molecule has 41 heavy (non-hydrogen) atoms. The number of amides is 1. The third-order valence-corrected chi connectivity index (χ3v) is 7.78. The number of carbonyl (C=O) groups excluding carboxylic acids is 1. The van der Waals surface area contributed by atoms with Crippen LogP contribution in [0.3, 0.4) is 0 Å². The summed E-state index contributed by atoms with van der Waals surface area (Å²) in [5, 5.41) is 12.3. The molecule has 11 nitrogen and oxygen atoms in total. The highest BCUT2D eigenvalue weighted by Crippen LogP contribution is 2.47. The molecule has 0 radical (unpaired) electrons. The van der Waals surface area contributed by atoms with Gasteiger partial charge in [-0.1, -0.05) is 12.1 Å². The van der Waals surface area contributed by atoms with Crippen LogP contribution in [0.5, 0.6) is 11.8 Å². The van der Waals surface area contributed by atoms with Gasteiger partial charge in [-0.05, 0) is 81.8 Å². The summed E-state index contributed by atoms with van der Waals surface area (Å²) in [5.74, 6) is -0.505. The zero-order valence-electron chi connectivity index (χ0n) is 24.5. The van der Waals surface area contributed by atoms with Gasteiger partial charge in [0.25, 0.3) is 5.91 Å². The van der Waals surface area contributed by atoms with E-state index >= 15 is 0 Å². The van der Waals surface area contributed by atoms with Crippen molar-refractivity contribution >= 4 is 23.5 Å². The summed E-state index contributed by atoms with van der Waals surface area (Å²) in [4.78, 5) is 35.2.